The van der Waals surface area contributed by atoms with Gasteiger partial charge in [0.25, 0.3) is 0 Å². The van der Waals surface area contributed by atoms with Gasteiger partial charge in [-0.15, -0.1) is 11.3 Å². The van der Waals surface area contributed by atoms with Crippen molar-refractivity contribution in [3.05, 3.63) is 34.5 Å². The van der Waals surface area contributed by atoms with Gasteiger partial charge in [-0.3, -0.25) is 0 Å². The van der Waals surface area contributed by atoms with Crippen LogP contribution < -0.4 is 10.0 Å². The molecule has 2 heterocycles. The van der Waals surface area contributed by atoms with E-state index in [1.54, 1.807) is 18.6 Å². The van der Waals surface area contributed by atoms with Crippen LogP contribution in [0.3, 0.4) is 0 Å². The molecule has 2 aromatic rings. The van der Waals surface area contributed by atoms with Gasteiger partial charge in [0.15, 0.2) is 0 Å². The first-order valence-electron chi connectivity index (χ1n) is 5.80. The molecule has 0 radical (unpaired) electrons. The molecular weight excluding hydrogens is 284 g/mol. The number of rotatable bonds is 7. The van der Waals surface area contributed by atoms with Crippen molar-refractivity contribution in [2.45, 2.75) is 17.9 Å². The standard InChI is InChI=1S/C11H16N4O2S2/c1-12-5-10-4-11(6-13-10)19(16,17)15-3-2-9-7-18-8-14-9/h4,6-8,12-13,15H,2-3,5H2,1H3. The average Bonchev–Trinajstić information content (AvgIpc) is 3.00. The van der Waals surface area contributed by atoms with Gasteiger partial charge >= 0.3 is 0 Å². The summed E-state index contributed by atoms with van der Waals surface area (Å²) >= 11 is 1.50. The summed E-state index contributed by atoms with van der Waals surface area (Å²) in [6, 6.07) is 1.63. The molecule has 0 spiro atoms. The van der Waals surface area contributed by atoms with Crippen molar-refractivity contribution in [1.29, 1.82) is 0 Å². The monoisotopic (exact) mass is 300 g/mol. The fourth-order valence-electron chi connectivity index (χ4n) is 1.62. The Balaban J connectivity index is 1.93. The van der Waals surface area contributed by atoms with Crippen molar-refractivity contribution < 1.29 is 8.42 Å². The number of hydrogen-bond acceptors (Lipinski definition) is 5. The summed E-state index contributed by atoms with van der Waals surface area (Å²) in [5.74, 6) is 0. The van der Waals surface area contributed by atoms with E-state index >= 15 is 0 Å². The number of nitrogens with zero attached hydrogens (tertiary/aromatic N) is 1. The van der Waals surface area contributed by atoms with Gasteiger partial charge in [-0.05, 0) is 13.1 Å². The Morgan fingerprint density at radius 1 is 1.47 bits per heavy atom. The lowest BCUT2D eigenvalue weighted by Crippen LogP contribution is -2.25. The molecule has 0 aromatic carbocycles. The number of sulfonamides is 1. The van der Waals surface area contributed by atoms with Crippen molar-refractivity contribution in [2.75, 3.05) is 13.6 Å². The molecule has 2 rings (SSSR count). The molecule has 0 fully saturated rings. The van der Waals surface area contributed by atoms with Gasteiger partial charge in [0.2, 0.25) is 10.0 Å². The Labute approximate surface area is 116 Å². The van der Waals surface area contributed by atoms with Gasteiger partial charge in [0.1, 0.15) is 0 Å². The first kappa shape index (κ1) is 14.2. The predicted octanol–water partition coefficient (Wildman–Crippen LogP) is 0.712. The minimum absolute atomic E-state index is 0.260. The Bertz CT molecular complexity index is 604. The number of H-pyrrole nitrogens is 1. The van der Waals surface area contributed by atoms with Crippen molar-refractivity contribution in [2.24, 2.45) is 0 Å². The number of aromatic amines is 1. The third-order valence-electron chi connectivity index (χ3n) is 2.55. The van der Waals surface area contributed by atoms with E-state index in [2.05, 4.69) is 20.0 Å². The maximum Gasteiger partial charge on any atom is 0.242 e. The molecule has 0 amide bonds. The molecule has 2 aromatic heterocycles. The van der Waals surface area contributed by atoms with E-state index in [-0.39, 0.29) is 4.90 Å². The summed E-state index contributed by atoms with van der Waals surface area (Å²) in [6.45, 7) is 0.951. The normalized spacial score (nSPS) is 11.8. The fraction of sp³-hybridized carbons (Fsp3) is 0.364. The van der Waals surface area contributed by atoms with Crippen molar-refractivity contribution in [3.8, 4) is 0 Å². The van der Waals surface area contributed by atoms with Crippen LogP contribution in [0.4, 0.5) is 0 Å². The number of thiazole rings is 1. The zero-order valence-electron chi connectivity index (χ0n) is 10.5. The highest BCUT2D eigenvalue weighted by Gasteiger charge is 2.15. The van der Waals surface area contributed by atoms with E-state index in [0.29, 0.717) is 19.5 Å². The quantitative estimate of drug-likeness (QED) is 0.703. The summed E-state index contributed by atoms with van der Waals surface area (Å²) in [4.78, 5) is 7.29. The lowest BCUT2D eigenvalue weighted by atomic mass is 10.3. The van der Waals surface area contributed by atoms with E-state index in [1.165, 1.54) is 17.5 Å². The summed E-state index contributed by atoms with van der Waals surface area (Å²) in [6.07, 6.45) is 2.09. The molecule has 19 heavy (non-hydrogen) atoms. The zero-order chi connectivity index (χ0) is 13.7. The van der Waals surface area contributed by atoms with Gasteiger partial charge in [-0.2, -0.15) is 0 Å². The minimum Gasteiger partial charge on any atom is -0.363 e. The molecule has 0 saturated carbocycles. The minimum atomic E-state index is -3.44. The fourth-order valence-corrected chi connectivity index (χ4v) is 3.27. The van der Waals surface area contributed by atoms with Gasteiger partial charge < -0.3 is 10.3 Å². The second-order valence-electron chi connectivity index (χ2n) is 4.02. The highest BCUT2D eigenvalue weighted by Crippen LogP contribution is 2.10. The summed E-state index contributed by atoms with van der Waals surface area (Å²) in [5.41, 5.74) is 3.47. The van der Waals surface area contributed by atoms with E-state index in [0.717, 1.165) is 11.4 Å². The van der Waals surface area contributed by atoms with Crippen LogP contribution in [0.25, 0.3) is 0 Å². The molecule has 0 aliphatic heterocycles. The lowest BCUT2D eigenvalue weighted by Gasteiger charge is -2.03. The van der Waals surface area contributed by atoms with E-state index < -0.39 is 10.0 Å². The molecule has 3 N–H and O–H groups in total. The van der Waals surface area contributed by atoms with Crippen LogP contribution in [0.15, 0.2) is 28.0 Å². The average molecular weight is 300 g/mol. The SMILES string of the molecule is CNCc1cc(S(=O)(=O)NCCc2cscn2)c[nH]1. The van der Waals surface area contributed by atoms with Gasteiger partial charge in [-0.25, -0.2) is 18.1 Å². The van der Waals surface area contributed by atoms with Gasteiger partial charge in [-0.1, -0.05) is 0 Å². The molecule has 0 aliphatic rings. The highest BCUT2D eigenvalue weighted by atomic mass is 32.2. The molecule has 0 atom stereocenters. The van der Waals surface area contributed by atoms with Crippen LogP contribution in [0, 0.1) is 0 Å². The lowest BCUT2D eigenvalue weighted by molar-refractivity contribution is 0.581. The first-order chi connectivity index (χ1) is 9.12. The zero-order valence-corrected chi connectivity index (χ0v) is 12.1. The Morgan fingerprint density at radius 2 is 2.32 bits per heavy atom. The maximum atomic E-state index is 12.0. The Kier molecular flexibility index (Phi) is 4.70. The summed E-state index contributed by atoms with van der Waals surface area (Å²) in [5, 5.41) is 4.87. The molecule has 0 saturated heterocycles. The second kappa shape index (κ2) is 6.29. The third kappa shape index (κ3) is 3.87. The van der Waals surface area contributed by atoms with E-state index in [4.69, 9.17) is 0 Å². The molecule has 104 valence electrons. The van der Waals surface area contributed by atoms with Crippen LogP contribution in [-0.4, -0.2) is 32.0 Å². The van der Waals surface area contributed by atoms with Gasteiger partial charge in [0, 0.05) is 36.8 Å². The molecule has 6 nitrogen and oxygen atoms in total. The van der Waals surface area contributed by atoms with E-state index in [9.17, 15) is 8.42 Å². The van der Waals surface area contributed by atoms with Crippen LogP contribution >= 0.6 is 11.3 Å². The number of hydrogen-bond donors (Lipinski definition) is 3. The third-order valence-corrected chi connectivity index (χ3v) is 4.63. The Hall–Kier alpha value is -1.22. The maximum absolute atomic E-state index is 12.0. The van der Waals surface area contributed by atoms with E-state index in [1.807, 2.05) is 5.38 Å². The first-order valence-corrected chi connectivity index (χ1v) is 8.23. The topological polar surface area (TPSA) is 86.9 Å². The number of nitrogens with one attached hydrogen (secondary N) is 3. The van der Waals surface area contributed by atoms with Crippen molar-refractivity contribution in [3.63, 3.8) is 0 Å². The molecule has 8 heteroatoms. The Morgan fingerprint density at radius 3 is 3.00 bits per heavy atom. The largest absolute Gasteiger partial charge is 0.363 e. The molecule has 0 aliphatic carbocycles. The highest BCUT2D eigenvalue weighted by molar-refractivity contribution is 7.89. The van der Waals surface area contributed by atoms with Crippen LogP contribution in [-0.2, 0) is 23.0 Å². The molecule has 0 unspecified atom stereocenters. The second-order valence-corrected chi connectivity index (χ2v) is 6.50. The smallest absolute Gasteiger partial charge is 0.242 e. The van der Waals surface area contributed by atoms with Crippen molar-refractivity contribution in [1.82, 2.24) is 20.0 Å². The van der Waals surface area contributed by atoms with Crippen LogP contribution in [0.2, 0.25) is 0 Å². The van der Waals surface area contributed by atoms with Crippen LogP contribution in [0.5, 0.6) is 0 Å². The summed E-state index contributed by atoms with van der Waals surface area (Å²) < 4.78 is 26.6. The predicted molar refractivity (Wildman–Crippen MR) is 74.6 cm³/mol. The molecular formula is C11H16N4O2S2. The van der Waals surface area contributed by atoms with Crippen LogP contribution in [0.1, 0.15) is 11.4 Å². The van der Waals surface area contributed by atoms with Gasteiger partial charge in [0.05, 0.1) is 16.1 Å². The number of aromatic nitrogens is 2. The summed E-state index contributed by atoms with van der Waals surface area (Å²) in [7, 11) is -1.64. The van der Waals surface area contributed by atoms with Crippen molar-refractivity contribution >= 4 is 21.4 Å². The molecule has 0 bridgehead atoms.